The quantitative estimate of drug-likeness (QED) is 0.289. The fourth-order valence-electron chi connectivity index (χ4n) is 4.31. The number of hydrogen-bond donors (Lipinski definition) is 5. The number of carboxylic acids is 3. The van der Waals surface area contributed by atoms with E-state index in [1.54, 1.807) is 12.1 Å². The Hall–Kier alpha value is -3.57. The van der Waals surface area contributed by atoms with E-state index in [9.17, 15) is 18.8 Å². The maximum absolute atomic E-state index is 14.3. The smallest absolute Gasteiger partial charge is 0.336 e. The third kappa shape index (κ3) is 7.22. The summed E-state index contributed by atoms with van der Waals surface area (Å²) in [5, 5.41) is 41.9. The van der Waals surface area contributed by atoms with Crippen LogP contribution in [0.2, 0.25) is 0 Å². The summed E-state index contributed by atoms with van der Waals surface area (Å²) >= 11 is 0. The van der Waals surface area contributed by atoms with Crippen LogP contribution in [0.25, 0.3) is 0 Å². The molecule has 1 saturated carbocycles. The molecular weight excluding hydrogens is 473 g/mol. The summed E-state index contributed by atoms with van der Waals surface area (Å²) in [4.78, 5) is 30.5. The maximum atomic E-state index is 14.3. The second kappa shape index (κ2) is 12.4. The number of rotatable bonds is 11. The van der Waals surface area contributed by atoms with Crippen LogP contribution in [-0.2, 0) is 33.0 Å². The van der Waals surface area contributed by atoms with Crippen LogP contribution in [0.1, 0.15) is 55.3 Å². The van der Waals surface area contributed by atoms with Gasteiger partial charge < -0.3 is 25.7 Å². The molecule has 0 unspecified atom stereocenters. The number of benzene rings is 1. The van der Waals surface area contributed by atoms with Gasteiger partial charge in [-0.2, -0.15) is 5.10 Å². The molecule has 0 spiro atoms. The summed E-state index contributed by atoms with van der Waals surface area (Å²) in [5.74, 6) is -5.13. The van der Waals surface area contributed by atoms with E-state index >= 15 is 0 Å². The molecule has 0 amide bonds. The first kappa shape index (κ1) is 28.7. The van der Waals surface area contributed by atoms with Gasteiger partial charge in [-0.15, -0.1) is 6.58 Å². The summed E-state index contributed by atoms with van der Waals surface area (Å²) in [6.07, 6.45) is 5.68. The van der Waals surface area contributed by atoms with Crippen molar-refractivity contribution in [3.63, 3.8) is 0 Å². The van der Waals surface area contributed by atoms with Crippen molar-refractivity contribution in [3.8, 4) is 0 Å². The van der Waals surface area contributed by atoms with Crippen LogP contribution in [0.15, 0.2) is 43.1 Å². The molecule has 0 atom stereocenters. The Bertz CT molecular complexity index is 1080. The van der Waals surface area contributed by atoms with E-state index in [1.165, 1.54) is 0 Å². The van der Waals surface area contributed by atoms with E-state index in [0.29, 0.717) is 13.1 Å². The number of aromatic nitrogens is 2. The van der Waals surface area contributed by atoms with Gasteiger partial charge in [0, 0.05) is 28.9 Å². The van der Waals surface area contributed by atoms with E-state index in [-0.39, 0.29) is 11.4 Å². The normalized spacial score (nSPS) is 14.5. The van der Waals surface area contributed by atoms with Gasteiger partial charge in [0.25, 0.3) is 0 Å². The first-order chi connectivity index (χ1) is 16.9. The molecule has 0 radical (unpaired) electrons. The van der Waals surface area contributed by atoms with Crippen molar-refractivity contribution in [1.82, 2.24) is 15.1 Å². The molecule has 1 aromatic heterocycles. The molecule has 0 saturated heterocycles. The second-order valence-electron chi connectivity index (χ2n) is 8.83. The van der Waals surface area contributed by atoms with E-state index in [4.69, 9.17) is 20.4 Å². The zero-order valence-electron chi connectivity index (χ0n) is 20.1. The fraction of sp³-hybridized carbons (Fsp3) is 0.440. The predicted octanol–water partition coefficient (Wildman–Crippen LogP) is 2.83. The van der Waals surface area contributed by atoms with Crippen molar-refractivity contribution in [2.75, 3.05) is 0 Å². The summed E-state index contributed by atoms with van der Waals surface area (Å²) in [6.45, 7) is 7.24. The maximum Gasteiger partial charge on any atom is 0.336 e. The minimum absolute atomic E-state index is 0.110. The Morgan fingerprint density at radius 1 is 1.17 bits per heavy atom. The van der Waals surface area contributed by atoms with Crippen molar-refractivity contribution in [3.05, 3.63) is 65.8 Å². The Kier molecular flexibility index (Phi) is 9.88. The molecule has 1 aromatic carbocycles. The molecule has 11 heteroatoms. The van der Waals surface area contributed by atoms with Gasteiger partial charge in [0.1, 0.15) is 5.82 Å². The molecular formula is C25H32FN3O7. The second-order valence-corrected chi connectivity index (χ2v) is 8.83. The molecule has 1 aliphatic rings. The monoisotopic (exact) mass is 505 g/mol. The number of nitrogens with zero attached hydrogens (tertiary/aromatic N) is 2. The number of halogens is 1. The number of aliphatic carboxylic acids is 3. The third-order valence-corrected chi connectivity index (χ3v) is 6.26. The standard InChI is InChI=1S/C19H24FN3.C6H8O7/c1-3-12-23-15(2)16(14-22-23)13-21-19(10-6-7-11-19)17-8-4-5-9-18(17)20;7-3(8)1-6(13,5(11)12)2-4(9)10/h3-5,8-9,14,21H,1,6-7,10-13H2,2H3;13H,1-2H2,(H,7,8)(H,9,10)(H,11,12). The van der Waals surface area contributed by atoms with Crippen LogP contribution in [0.3, 0.4) is 0 Å². The summed E-state index contributed by atoms with van der Waals surface area (Å²) in [7, 11) is 0. The van der Waals surface area contributed by atoms with E-state index in [2.05, 4.69) is 23.9 Å². The predicted molar refractivity (Wildman–Crippen MR) is 128 cm³/mol. The Morgan fingerprint density at radius 2 is 1.75 bits per heavy atom. The minimum atomic E-state index is -2.74. The van der Waals surface area contributed by atoms with E-state index in [1.807, 2.05) is 29.1 Å². The SMILES string of the molecule is C=CCn1ncc(CNC2(c3ccccc3F)CCCC2)c1C.O=C(O)CC(O)(CC(=O)O)C(=O)O. The molecule has 3 rings (SSSR count). The Labute approximate surface area is 208 Å². The van der Waals surface area contributed by atoms with Crippen molar-refractivity contribution < 1.29 is 39.2 Å². The molecule has 0 bridgehead atoms. The largest absolute Gasteiger partial charge is 0.481 e. The topological polar surface area (TPSA) is 162 Å². The molecule has 36 heavy (non-hydrogen) atoms. The summed E-state index contributed by atoms with van der Waals surface area (Å²) in [5.41, 5.74) is 0.109. The van der Waals surface area contributed by atoms with Gasteiger partial charge in [0.15, 0.2) is 5.60 Å². The lowest BCUT2D eigenvalue weighted by molar-refractivity contribution is -0.170. The highest BCUT2D eigenvalue weighted by atomic mass is 19.1. The van der Waals surface area contributed by atoms with Gasteiger partial charge >= 0.3 is 17.9 Å². The van der Waals surface area contributed by atoms with Gasteiger partial charge in [-0.1, -0.05) is 37.1 Å². The highest BCUT2D eigenvalue weighted by Crippen LogP contribution is 2.40. The lowest BCUT2D eigenvalue weighted by Crippen LogP contribution is -2.42. The van der Waals surface area contributed by atoms with Crippen molar-refractivity contribution in [2.45, 2.75) is 69.7 Å². The molecule has 10 nitrogen and oxygen atoms in total. The molecule has 1 aliphatic carbocycles. The number of aliphatic hydroxyl groups is 1. The van der Waals surface area contributed by atoms with Crippen LogP contribution in [0, 0.1) is 12.7 Å². The van der Waals surface area contributed by atoms with Crippen molar-refractivity contribution in [1.29, 1.82) is 0 Å². The van der Waals surface area contributed by atoms with Gasteiger partial charge in [0.2, 0.25) is 0 Å². The number of hydrogen-bond acceptors (Lipinski definition) is 6. The lowest BCUT2D eigenvalue weighted by atomic mass is 9.87. The van der Waals surface area contributed by atoms with Gasteiger partial charge in [-0.25, -0.2) is 9.18 Å². The lowest BCUT2D eigenvalue weighted by Gasteiger charge is -2.31. The van der Waals surface area contributed by atoms with E-state index in [0.717, 1.165) is 42.5 Å². The Balaban J connectivity index is 0.000000302. The Morgan fingerprint density at radius 3 is 2.25 bits per heavy atom. The average molecular weight is 506 g/mol. The fourth-order valence-corrected chi connectivity index (χ4v) is 4.31. The van der Waals surface area contributed by atoms with Crippen molar-refractivity contribution in [2.24, 2.45) is 0 Å². The molecule has 1 fully saturated rings. The summed E-state index contributed by atoms with van der Waals surface area (Å²) < 4.78 is 16.3. The molecule has 1 heterocycles. The zero-order chi connectivity index (χ0) is 26.9. The van der Waals surface area contributed by atoms with Gasteiger partial charge in [-0.05, 0) is 25.8 Å². The summed E-state index contributed by atoms with van der Waals surface area (Å²) in [6, 6.07) is 7.16. The van der Waals surface area contributed by atoms with Crippen LogP contribution < -0.4 is 5.32 Å². The molecule has 2 aromatic rings. The van der Waals surface area contributed by atoms with Crippen LogP contribution in [0.5, 0.6) is 0 Å². The number of allylic oxidation sites excluding steroid dienone is 1. The highest BCUT2D eigenvalue weighted by molar-refractivity contribution is 5.88. The van der Waals surface area contributed by atoms with Crippen molar-refractivity contribution >= 4 is 17.9 Å². The van der Waals surface area contributed by atoms with Crippen LogP contribution in [-0.4, -0.2) is 53.7 Å². The van der Waals surface area contributed by atoms with Crippen LogP contribution >= 0.6 is 0 Å². The van der Waals surface area contributed by atoms with Gasteiger partial charge in [-0.3, -0.25) is 14.3 Å². The zero-order valence-corrected chi connectivity index (χ0v) is 20.1. The molecule has 5 N–H and O–H groups in total. The van der Waals surface area contributed by atoms with Crippen LogP contribution in [0.4, 0.5) is 4.39 Å². The first-order valence-corrected chi connectivity index (χ1v) is 11.5. The van der Waals surface area contributed by atoms with Gasteiger partial charge in [0.05, 0.1) is 25.6 Å². The number of nitrogens with one attached hydrogen (secondary N) is 1. The first-order valence-electron chi connectivity index (χ1n) is 11.5. The molecule has 196 valence electrons. The third-order valence-electron chi connectivity index (χ3n) is 6.26. The average Bonchev–Trinajstić information content (AvgIpc) is 3.40. The number of carbonyl (C=O) groups is 3. The minimum Gasteiger partial charge on any atom is -0.481 e. The van der Waals surface area contributed by atoms with E-state index < -0.39 is 36.4 Å². The number of carboxylic acid groups (broad SMARTS) is 3. The highest BCUT2D eigenvalue weighted by Gasteiger charge is 2.41. The molecule has 0 aliphatic heterocycles.